The molecular formula is C14H15F2NOS. The minimum absolute atomic E-state index is 0.108. The third-order valence-electron chi connectivity index (χ3n) is 2.91. The van der Waals surface area contributed by atoms with E-state index in [9.17, 15) is 13.9 Å². The van der Waals surface area contributed by atoms with Gasteiger partial charge in [0.2, 0.25) is 0 Å². The van der Waals surface area contributed by atoms with Gasteiger partial charge in [0.05, 0.1) is 6.10 Å². The lowest BCUT2D eigenvalue weighted by atomic mass is 10.1. The van der Waals surface area contributed by atoms with Gasteiger partial charge in [0.25, 0.3) is 0 Å². The fourth-order valence-corrected chi connectivity index (χ4v) is 2.67. The number of aliphatic hydroxyl groups is 1. The van der Waals surface area contributed by atoms with Crippen LogP contribution in [0.1, 0.15) is 22.1 Å². The van der Waals surface area contributed by atoms with E-state index in [4.69, 9.17) is 0 Å². The summed E-state index contributed by atoms with van der Waals surface area (Å²) in [5.41, 5.74) is 1.30. The zero-order valence-electron chi connectivity index (χ0n) is 10.5. The van der Waals surface area contributed by atoms with E-state index in [0.717, 1.165) is 12.1 Å². The van der Waals surface area contributed by atoms with Gasteiger partial charge in [-0.2, -0.15) is 0 Å². The predicted octanol–water partition coefficient (Wildman–Crippen LogP) is 3.16. The summed E-state index contributed by atoms with van der Waals surface area (Å²) in [6, 6.07) is 5.22. The Kier molecular flexibility index (Phi) is 4.63. The highest BCUT2D eigenvalue weighted by molar-refractivity contribution is 7.10. The SMILES string of the molecule is Cc1ccsc1CNC[C@H](O)c1ccc(F)cc1F. The molecule has 0 amide bonds. The lowest BCUT2D eigenvalue weighted by molar-refractivity contribution is 0.169. The van der Waals surface area contributed by atoms with Crippen molar-refractivity contribution in [3.63, 3.8) is 0 Å². The Morgan fingerprint density at radius 2 is 2.11 bits per heavy atom. The Morgan fingerprint density at radius 3 is 2.74 bits per heavy atom. The molecule has 0 saturated heterocycles. The van der Waals surface area contributed by atoms with Crippen molar-refractivity contribution in [1.82, 2.24) is 5.32 Å². The Balaban J connectivity index is 1.91. The van der Waals surface area contributed by atoms with Crippen molar-refractivity contribution in [3.8, 4) is 0 Å². The van der Waals surface area contributed by atoms with Crippen molar-refractivity contribution in [3.05, 3.63) is 57.3 Å². The molecule has 2 N–H and O–H groups in total. The summed E-state index contributed by atoms with van der Waals surface area (Å²) in [7, 11) is 0. The number of rotatable bonds is 5. The molecule has 0 radical (unpaired) electrons. The Hall–Kier alpha value is -1.30. The minimum atomic E-state index is -0.985. The summed E-state index contributed by atoms with van der Waals surface area (Å²) in [5.74, 6) is -1.36. The summed E-state index contributed by atoms with van der Waals surface area (Å²) in [6.45, 7) is 2.87. The predicted molar refractivity (Wildman–Crippen MR) is 72.1 cm³/mol. The second-order valence-electron chi connectivity index (χ2n) is 4.34. The van der Waals surface area contributed by atoms with Crippen LogP contribution in [0.4, 0.5) is 8.78 Å². The number of aryl methyl sites for hydroxylation is 1. The molecule has 102 valence electrons. The average molecular weight is 283 g/mol. The summed E-state index contributed by atoms with van der Waals surface area (Å²) >= 11 is 1.63. The van der Waals surface area contributed by atoms with E-state index in [1.54, 1.807) is 11.3 Å². The Labute approximate surface area is 114 Å². The van der Waals surface area contributed by atoms with Crippen molar-refractivity contribution >= 4 is 11.3 Å². The molecule has 1 aromatic heterocycles. The van der Waals surface area contributed by atoms with Gasteiger partial charge in [-0.25, -0.2) is 8.78 Å². The number of hydrogen-bond acceptors (Lipinski definition) is 3. The van der Waals surface area contributed by atoms with E-state index in [0.29, 0.717) is 6.54 Å². The van der Waals surface area contributed by atoms with Crippen molar-refractivity contribution in [1.29, 1.82) is 0 Å². The molecule has 0 unspecified atom stereocenters. The molecule has 2 rings (SSSR count). The highest BCUT2D eigenvalue weighted by atomic mass is 32.1. The maximum atomic E-state index is 13.4. The van der Waals surface area contributed by atoms with Crippen LogP contribution in [0.5, 0.6) is 0 Å². The van der Waals surface area contributed by atoms with Gasteiger partial charge in [-0.1, -0.05) is 6.07 Å². The first-order chi connectivity index (χ1) is 9.08. The van der Waals surface area contributed by atoms with Gasteiger partial charge in [0.15, 0.2) is 0 Å². The molecule has 0 aliphatic heterocycles. The Bertz CT molecular complexity index is 556. The highest BCUT2D eigenvalue weighted by Crippen LogP contribution is 2.18. The van der Waals surface area contributed by atoms with Crippen molar-refractivity contribution in [2.75, 3.05) is 6.54 Å². The maximum absolute atomic E-state index is 13.4. The fraction of sp³-hybridized carbons (Fsp3) is 0.286. The molecular weight excluding hydrogens is 268 g/mol. The van der Waals surface area contributed by atoms with Gasteiger partial charge in [-0.15, -0.1) is 11.3 Å². The van der Waals surface area contributed by atoms with Crippen molar-refractivity contribution in [2.24, 2.45) is 0 Å². The Morgan fingerprint density at radius 1 is 1.32 bits per heavy atom. The van der Waals surface area contributed by atoms with E-state index in [2.05, 4.69) is 5.32 Å². The monoisotopic (exact) mass is 283 g/mol. The summed E-state index contributed by atoms with van der Waals surface area (Å²) in [5, 5.41) is 14.9. The molecule has 1 heterocycles. The van der Waals surface area contributed by atoms with Gasteiger partial charge >= 0.3 is 0 Å². The molecule has 0 aliphatic rings. The molecule has 1 atom stereocenters. The molecule has 0 fully saturated rings. The van der Waals surface area contributed by atoms with Crippen LogP contribution < -0.4 is 5.32 Å². The van der Waals surface area contributed by atoms with Crippen LogP contribution >= 0.6 is 11.3 Å². The smallest absolute Gasteiger partial charge is 0.131 e. The van der Waals surface area contributed by atoms with Gasteiger partial charge < -0.3 is 10.4 Å². The zero-order chi connectivity index (χ0) is 13.8. The molecule has 0 bridgehead atoms. The van der Waals surface area contributed by atoms with Crippen molar-refractivity contribution < 1.29 is 13.9 Å². The van der Waals surface area contributed by atoms with Gasteiger partial charge in [-0.05, 0) is 30.0 Å². The second kappa shape index (κ2) is 6.23. The highest BCUT2D eigenvalue weighted by Gasteiger charge is 2.13. The van der Waals surface area contributed by atoms with E-state index in [-0.39, 0.29) is 12.1 Å². The number of aliphatic hydroxyl groups excluding tert-OH is 1. The number of halogens is 2. The van der Waals surface area contributed by atoms with E-state index < -0.39 is 17.7 Å². The number of benzene rings is 1. The fourth-order valence-electron chi connectivity index (χ4n) is 1.79. The summed E-state index contributed by atoms with van der Waals surface area (Å²) in [4.78, 5) is 1.19. The average Bonchev–Trinajstić information content (AvgIpc) is 2.75. The second-order valence-corrected chi connectivity index (χ2v) is 5.34. The van der Waals surface area contributed by atoms with Crippen LogP contribution in [-0.4, -0.2) is 11.7 Å². The molecule has 2 aromatic rings. The largest absolute Gasteiger partial charge is 0.387 e. The molecule has 19 heavy (non-hydrogen) atoms. The van der Waals surface area contributed by atoms with Gasteiger partial charge in [0.1, 0.15) is 11.6 Å². The molecule has 5 heteroatoms. The number of hydrogen-bond donors (Lipinski definition) is 2. The molecule has 0 spiro atoms. The first-order valence-corrected chi connectivity index (χ1v) is 6.82. The quantitative estimate of drug-likeness (QED) is 0.883. The standard InChI is InChI=1S/C14H15F2NOS/c1-9-4-5-19-14(9)8-17-7-13(18)11-3-2-10(15)6-12(11)16/h2-6,13,17-18H,7-8H2,1H3/t13-/m0/s1. The van der Waals surface area contributed by atoms with E-state index >= 15 is 0 Å². The minimum Gasteiger partial charge on any atom is -0.387 e. The van der Waals surface area contributed by atoms with Gasteiger partial charge in [0, 0.05) is 29.6 Å². The van der Waals surface area contributed by atoms with E-state index in [1.807, 2.05) is 18.4 Å². The van der Waals surface area contributed by atoms with Crippen LogP contribution in [0.25, 0.3) is 0 Å². The van der Waals surface area contributed by atoms with Crippen LogP contribution in [0.15, 0.2) is 29.6 Å². The first-order valence-electron chi connectivity index (χ1n) is 5.94. The number of nitrogens with one attached hydrogen (secondary N) is 1. The lowest BCUT2D eigenvalue weighted by Crippen LogP contribution is -2.21. The van der Waals surface area contributed by atoms with Crippen LogP contribution in [0.3, 0.4) is 0 Å². The molecule has 1 aromatic carbocycles. The van der Waals surface area contributed by atoms with Crippen LogP contribution in [-0.2, 0) is 6.54 Å². The third-order valence-corrected chi connectivity index (χ3v) is 3.94. The van der Waals surface area contributed by atoms with Crippen LogP contribution in [0, 0.1) is 18.6 Å². The van der Waals surface area contributed by atoms with Crippen LogP contribution in [0.2, 0.25) is 0 Å². The maximum Gasteiger partial charge on any atom is 0.131 e. The molecule has 0 aliphatic carbocycles. The lowest BCUT2D eigenvalue weighted by Gasteiger charge is -2.13. The first kappa shape index (κ1) is 14.1. The summed E-state index contributed by atoms with van der Waals surface area (Å²) < 4.78 is 26.2. The van der Waals surface area contributed by atoms with E-state index in [1.165, 1.54) is 16.5 Å². The number of thiophene rings is 1. The molecule has 0 saturated carbocycles. The van der Waals surface area contributed by atoms with Crippen molar-refractivity contribution in [2.45, 2.75) is 19.6 Å². The van der Waals surface area contributed by atoms with Gasteiger partial charge in [-0.3, -0.25) is 0 Å². The topological polar surface area (TPSA) is 32.3 Å². The normalized spacial score (nSPS) is 12.6. The third kappa shape index (κ3) is 3.59. The summed E-state index contributed by atoms with van der Waals surface area (Å²) in [6.07, 6.45) is -0.985. The molecule has 2 nitrogen and oxygen atoms in total. The zero-order valence-corrected chi connectivity index (χ0v) is 11.3.